The molecule has 0 aliphatic heterocycles. The van der Waals surface area contributed by atoms with Crippen LogP contribution in [0.15, 0.2) is 83.4 Å². The maximum atomic E-state index is 5.66. The van der Waals surface area contributed by atoms with Gasteiger partial charge in [0.15, 0.2) is 6.61 Å². The van der Waals surface area contributed by atoms with E-state index in [2.05, 4.69) is 20.1 Å². The highest BCUT2D eigenvalue weighted by atomic mass is 16.5. The van der Waals surface area contributed by atoms with Gasteiger partial charge < -0.3 is 14.2 Å². The van der Waals surface area contributed by atoms with Crippen molar-refractivity contribution >= 4 is 11.0 Å². The van der Waals surface area contributed by atoms with Crippen LogP contribution in [-0.2, 0) is 6.61 Å². The molecule has 0 radical (unpaired) electrons. The SMILES string of the molecule is c1ccc(OCc2nc(-c3cccc(-c4nc5ccccc5[nH]4)c3)no2)cc1. The quantitative estimate of drug-likeness (QED) is 0.479. The van der Waals surface area contributed by atoms with Crippen molar-refractivity contribution < 1.29 is 9.26 Å². The molecule has 136 valence electrons. The summed E-state index contributed by atoms with van der Waals surface area (Å²) in [5, 5.41) is 4.08. The first-order valence-electron chi connectivity index (χ1n) is 8.91. The van der Waals surface area contributed by atoms with Crippen molar-refractivity contribution in [1.29, 1.82) is 0 Å². The predicted molar refractivity (Wildman–Crippen MR) is 106 cm³/mol. The Morgan fingerprint density at radius 3 is 2.54 bits per heavy atom. The van der Waals surface area contributed by atoms with Crippen molar-refractivity contribution in [2.24, 2.45) is 0 Å². The first kappa shape index (κ1) is 16.3. The highest BCUT2D eigenvalue weighted by Crippen LogP contribution is 2.25. The summed E-state index contributed by atoms with van der Waals surface area (Å²) in [4.78, 5) is 12.4. The summed E-state index contributed by atoms with van der Waals surface area (Å²) < 4.78 is 11.0. The lowest BCUT2D eigenvalue weighted by atomic mass is 10.1. The lowest BCUT2D eigenvalue weighted by Crippen LogP contribution is -1.95. The summed E-state index contributed by atoms with van der Waals surface area (Å²) in [5.41, 5.74) is 3.75. The number of fused-ring (bicyclic) bond motifs is 1. The molecule has 5 rings (SSSR count). The predicted octanol–water partition coefficient (Wildman–Crippen LogP) is 4.86. The molecule has 2 aromatic heterocycles. The third-order valence-electron chi connectivity index (χ3n) is 4.36. The Bertz CT molecular complexity index is 1190. The molecule has 6 nitrogen and oxygen atoms in total. The molecule has 0 saturated carbocycles. The van der Waals surface area contributed by atoms with Gasteiger partial charge in [-0.25, -0.2) is 4.98 Å². The Kier molecular flexibility index (Phi) is 4.06. The normalized spacial score (nSPS) is 11.0. The van der Waals surface area contributed by atoms with Crippen LogP contribution in [0.2, 0.25) is 0 Å². The van der Waals surface area contributed by atoms with Crippen LogP contribution in [0.4, 0.5) is 0 Å². The molecule has 0 saturated heterocycles. The van der Waals surface area contributed by atoms with Crippen LogP contribution in [-0.4, -0.2) is 20.1 Å². The fourth-order valence-corrected chi connectivity index (χ4v) is 2.99. The standard InChI is InChI=1S/C22H16N4O2/c1-2-9-17(10-3-1)27-14-20-25-22(26-28-20)16-8-6-7-15(13-16)21-23-18-11-4-5-12-19(18)24-21/h1-13H,14H2,(H,23,24). The number of H-pyrrole nitrogens is 1. The van der Waals surface area contributed by atoms with E-state index in [1.165, 1.54) is 0 Å². The molecule has 0 aliphatic carbocycles. The van der Waals surface area contributed by atoms with Crippen molar-refractivity contribution in [1.82, 2.24) is 20.1 Å². The van der Waals surface area contributed by atoms with Crippen LogP contribution in [0.3, 0.4) is 0 Å². The first-order valence-corrected chi connectivity index (χ1v) is 8.91. The summed E-state index contributed by atoms with van der Waals surface area (Å²) in [6.45, 7) is 0.222. The molecule has 0 bridgehead atoms. The second-order valence-corrected chi connectivity index (χ2v) is 6.30. The number of hydrogen-bond acceptors (Lipinski definition) is 5. The number of rotatable bonds is 5. The van der Waals surface area contributed by atoms with Crippen molar-refractivity contribution in [2.75, 3.05) is 0 Å². The van der Waals surface area contributed by atoms with Crippen LogP contribution in [0.5, 0.6) is 5.75 Å². The van der Waals surface area contributed by atoms with E-state index < -0.39 is 0 Å². The van der Waals surface area contributed by atoms with Crippen LogP contribution >= 0.6 is 0 Å². The third kappa shape index (κ3) is 3.23. The van der Waals surface area contributed by atoms with E-state index in [-0.39, 0.29) is 6.61 Å². The van der Waals surface area contributed by atoms with E-state index in [4.69, 9.17) is 9.26 Å². The number of nitrogens with zero attached hydrogens (tertiary/aromatic N) is 3. The molecule has 0 aliphatic rings. The molecule has 28 heavy (non-hydrogen) atoms. The number of aromatic nitrogens is 4. The number of imidazole rings is 1. The molecular weight excluding hydrogens is 352 g/mol. The minimum Gasteiger partial charge on any atom is -0.484 e. The third-order valence-corrected chi connectivity index (χ3v) is 4.36. The lowest BCUT2D eigenvalue weighted by Gasteiger charge is -2.01. The Labute approximate surface area is 160 Å². The highest BCUT2D eigenvalue weighted by Gasteiger charge is 2.12. The molecule has 0 atom stereocenters. The summed E-state index contributed by atoms with van der Waals surface area (Å²) in [5.74, 6) is 2.51. The zero-order valence-corrected chi connectivity index (χ0v) is 14.9. The summed E-state index contributed by atoms with van der Waals surface area (Å²) in [6, 6.07) is 25.4. The highest BCUT2D eigenvalue weighted by molar-refractivity contribution is 5.80. The van der Waals surface area contributed by atoms with Crippen molar-refractivity contribution in [3.63, 3.8) is 0 Å². The number of nitrogens with one attached hydrogen (secondary N) is 1. The van der Waals surface area contributed by atoms with Gasteiger partial charge in [0, 0.05) is 11.1 Å². The minimum absolute atomic E-state index is 0.222. The van der Waals surface area contributed by atoms with Gasteiger partial charge in [0.1, 0.15) is 11.6 Å². The zero-order valence-electron chi connectivity index (χ0n) is 14.9. The summed E-state index contributed by atoms with van der Waals surface area (Å²) >= 11 is 0. The molecular formula is C22H16N4O2. The Balaban J connectivity index is 1.38. The van der Waals surface area contributed by atoms with Gasteiger partial charge >= 0.3 is 0 Å². The average Bonchev–Trinajstić information content (AvgIpc) is 3.40. The monoisotopic (exact) mass is 368 g/mol. The number of ether oxygens (including phenoxy) is 1. The van der Waals surface area contributed by atoms with Gasteiger partial charge in [0.2, 0.25) is 5.82 Å². The summed E-state index contributed by atoms with van der Waals surface area (Å²) in [6.07, 6.45) is 0. The second kappa shape index (κ2) is 7.00. The van der Waals surface area contributed by atoms with E-state index in [0.717, 1.165) is 33.7 Å². The van der Waals surface area contributed by atoms with E-state index in [0.29, 0.717) is 11.7 Å². The van der Waals surface area contributed by atoms with E-state index in [9.17, 15) is 0 Å². The second-order valence-electron chi connectivity index (χ2n) is 6.30. The molecule has 0 unspecified atom stereocenters. The van der Waals surface area contributed by atoms with Crippen molar-refractivity contribution in [2.45, 2.75) is 6.61 Å². The van der Waals surface area contributed by atoms with Gasteiger partial charge in [-0.3, -0.25) is 0 Å². The van der Waals surface area contributed by atoms with Crippen LogP contribution < -0.4 is 4.74 Å². The molecule has 2 heterocycles. The minimum atomic E-state index is 0.222. The van der Waals surface area contributed by atoms with Crippen LogP contribution in [0.25, 0.3) is 33.8 Å². The Morgan fingerprint density at radius 1 is 0.821 bits per heavy atom. The number of hydrogen-bond donors (Lipinski definition) is 1. The first-order chi connectivity index (χ1) is 13.8. The smallest absolute Gasteiger partial charge is 0.264 e. The van der Waals surface area contributed by atoms with Crippen LogP contribution in [0.1, 0.15) is 5.89 Å². The van der Waals surface area contributed by atoms with Gasteiger partial charge in [-0.15, -0.1) is 0 Å². The maximum absolute atomic E-state index is 5.66. The fraction of sp³-hybridized carbons (Fsp3) is 0.0455. The lowest BCUT2D eigenvalue weighted by molar-refractivity contribution is 0.243. The Hall–Kier alpha value is -3.93. The zero-order chi connectivity index (χ0) is 18.8. The topological polar surface area (TPSA) is 76.8 Å². The molecule has 6 heteroatoms. The van der Waals surface area contributed by atoms with Gasteiger partial charge in [-0.2, -0.15) is 4.98 Å². The van der Waals surface area contributed by atoms with Gasteiger partial charge in [0.05, 0.1) is 11.0 Å². The van der Waals surface area contributed by atoms with Gasteiger partial charge in [-0.05, 0) is 30.3 Å². The maximum Gasteiger partial charge on any atom is 0.264 e. The van der Waals surface area contributed by atoms with Gasteiger partial charge in [-0.1, -0.05) is 53.7 Å². The van der Waals surface area contributed by atoms with E-state index in [1.807, 2.05) is 78.9 Å². The molecule has 1 N–H and O–H groups in total. The molecule has 5 aromatic rings. The number of aromatic amines is 1. The van der Waals surface area contributed by atoms with Crippen molar-refractivity contribution in [3.8, 4) is 28.5 Å². The Morgan fingerprint density at radius 2 is 1.64 bits per heavy atom. The van der Waals surface area contributed by atoms with E-state index >= 15 is 0 Å². The number of para-hydroxylation sites is 3. The average molecular weight is 368 g/mol. The molecule has 0 fully saturated rings. The molecule has 0 amide bonds. The fourth-order valence-electron chi connectivity index (χ4n) is 2.99. The van der Waals surface area contributed by atoms with Crippen LogP contribution in [0, 0.1) is 0 Å². The van der Waals surface area contributed by atoms with Gasteiger partial charge in [0.25, 0.3) is 5.89 Å². The molecule has 3 aromatic carbocycles. The number of benzene rings is 3. The molecule has 0 spiro atoms. The van der Waals surface area contributed by atoms with Crippen molar-refractivity contribution in [3.05, 3.63) is 84.8 Å². The summed E-state index contributed by atoms with van der Waals surface area (Å²) in [7, 11) is 0. The largest absolute Gasteiger partial charge is 0.484 e. The van der Waals surface area contributed by atoms with E-state index in [1.54, 1.807) is 0 Å².